The normalized spacial score (nSPS) is 16.1. The molecule has 0 saturated heterocycles. The van der Waals surface area contributed by atoms with Gasteiger partial charge in [-0.2, -0.15) is 16.8 Å². The summed E-state index contributed by atoms with van der Waals surface area (Å²) in [5.74, 6) is 0. The molecule has 0 spiro atoms. The highest BCUT2D eigenvalue weighted by molar-refractivity contribution is 7.87. The largest absolute Gasteiger partial charge is 0.297 e. The van der Waals surface area contributed by atoms with Crippen LogP contribution >= 0.6 is 0 Å². The molecule has 0 N–H and O–H groups in total. The van der Waals surface area contributed by atoms with Gasteiger partial charge in [-0.05, 0) is 76.6 Å². The Labute approximate surface area is 192 Å². The van der Waals surface area contributed by atoms with Crippen molar-refractivity contribution >= 4 is 20.2 Å². The standard InChI is InChI=1S/C24H32O6S2/c1-16-10-18(3)22(19(4)11-16)31(25,26)29-14-24(8-7-9-24)15-30-32(27,28)23-20(5)12-17(2)13-21(23)6/h10-13H,7-9,14-15H2,1-6H3. The predicted octanol–water partition coefficient (Wildman–Crippen LogP) is 4.82. The SMILES string of the molecule is Cc1cc(C)c(S(=O)(=O)OCC2(COS(=O)(=O)c3c(C)cc(C)cc3C)CCC2)c(C)c1. The van der Waals surface area contributed by atoms with E-state index < -0.39 is 25.7 Å². The molecule has 0 amide bonds. The lowest BCUT2D eigenvalue weighted by Gasteiger charge is -2.40. The molecule has 2 aromatic carbocycles. The Morgan fingerprint density at radius 2 is 0.969 bits per heavy atom. The number of hydrogen-bond acceptors (Lipinski definition) is 6. The van der Waals surface area contributed by atoms with Gasteiger partial charge in [0.2, 0.25) is 0 Å². The Balaban J connectivity index is 1.76. The van der Waals surface area contributed by atoms with Crippen molar-refractivity contribution in [3.8, 4) is 0 Å². The Kier molecular flexibility index (Phi) is 6.92. The van der Waals surface area contributed by atoms with Gasteiger partial charge in [0, 0.05) is 5.41 Å². The van der Waals surface area contributed by atoms with Crippen molar-refractivity contribution in [1.29, 1.82) is 0 Å². The molecule has 1 aliphatic rings. The van der Waals surface area contributed by atoms with E-state index >= 15 is 0 Å². The van der Waals surface area contributed by atoms with Gasteiger partial charge in [-0.1, -0.05) is 41.8 Å². The fraction of sp³-hybridized carbons (Fsp3) is 0.500. The summed E-state index contributed by atoms with van der Waals surface area (Å²) in [5.41, 5.74) is 3.86. The minimum Gasteiger partial charge on any atom is -0.266 e. The number of benzene rings is 2. The lowest BCUT2D eigenvalue weighted by molar-refractivity contribution is 0.0143. The van der Waals surface area contributed by atoms with Crippen LogP contribution in [0.2, 0.25) is 0 Å². The van der Waals surface area contributed by atoms with E-state index in [2.05, 4.69) is 0 Å². The van der Waals surface area contributed by atoms with Gasteiger partial charge in [-0.15, -0.1) is 0 Å². The molecular formula is C24H32O6S2. The molecule has 1 aliphatic carbocycles. The molecule has 3 rings (SSSR count). The van der Waals surface area contributed by atoms with Gasteiger partial charge in [-0.25, -0.2) is 0 Å². The fourth-order valence-corrected chi connectivity index (χ4v) is 7.51. The van der Waals surface area contributed by atoms with E-state index in [9.17, 15) is 16.8 Å². The Bertz CT molecular complexity index is 1100. The van der Waals surface area contributed by atoms with Crippen LogP contribution in [0.3, 0.4) is 0 Å². The Morgan fingerprint density at radius 3 is 1.22 bits per heavy atom. The first-order chi connectivity index (χ1) is 14.8. The zero-order chi connectivity index (χ0) is 23.9. The Hall–Kier alpha value is -1.74. The molecule has 8 heteroatoms. The van der Waals surface area contributed by atoms with Crippen LogP contribution in [0.15, 0.2) is 34.1 Å². The van der Waals surface area contributed by atoms with Crippen molar-refractivity contribution < 1.29 is 25.2 Å². The maximum atomic E-state index is 12.9. The fourth-order valence-electron chi connectivity index (χ4n) is 4.65. The maximum absolute atomic E-state index is 12.9. The van der Waals surface area contributed by atoms with Crippen LogP contribution in [-0.2, 0) is 28.6 Å². The first-order valence-electron chi connectivity index (χ1n) is 10.7. The van der Waals surface area contributed by atoms with Crippen LogP contribution in [0.5, 0.6) is 0 Å². The molecule has 0 radical (unpaired) electrons. The Morgan fingerprint density at radius 1 is 0.656 bits per heavy atom. The maximum Gasteiger partial charge on any atom is 0.297 e. The van der Waals surface area contributed by atoms with Gasteiger partial charge in [0.1, 0.15) is 0 Å². The number of aryl methyl sites for hydroxylation is 6. The van der Waals surface area contributed by atoms with E-state index in [1.54, 1.807) is 27.7 Å². The average molecular weight is 481 g/mol. The molecule has 1 saturated carbocycles. The first kappa shape index (κ1) is 24.9. The molecule has 6 nitrogen and oxygen atoms in total. The quantitative estimate of drug-likeness (QED) is 0.504. The van der Waals surface area contributed by atoms with Gasteiger partial charge < -0.3 is 0 Å². The highest BCUT2D eigenvalue weighted by atomic mass is 32.2. The van der Waals surface area contributed by atoms with Crippen LogP contribution in [0.25, 0.3) is 0 Å². The van der Waals surface area contributed by atoms with E-state index in [1.165, 1.54) is 0 Å². The summed E-state index contributed by atoms with van der Waals surface area (Å²) in [6, 6.07) is 7.24. The summed E-state index contributed by atoms with van der Waals surface area (Å²) in [6.45, 7) is 10.6. The summed E-state index contributed by atoms with van der Waals surface area (Å²) in [5, 5.41) is 0. The van der Waals surface area contributed by atoms with E-state index in [-0.39, 0.29) is 23.0 Å². The predicted molar refractivity (Wildman–Crippen MR) is 124 cm³/mol. The van der Waals surface area contributed by atoms with Crippen molar-refractivity contribution in [3.63, 3.8) is 0 Å². The number of rotatable bonds is 8. The molecule has 1 fully saturated rings. The monoisotopic (exact) mass is 480 g/mol. The van der Waals surface area contributed by atoms with Gasteiger partial charge in [0.05, 0.1) is 23.0 Å². The molecular weight excluding hydrogens is 448 g/mol. The van der Waals surface area contributed by atoms with Crippen molar-refractivity contribution in [2.24, 2.45) is 5.41 Å². The van der Waals surface area contributed by atoms with Crippen LogP contribution < -0.4 is 0 Å². The zero-order valence-corrected chi connectivity index (χ0v) is 21.2. The second kappa shape index (κ2) is 8.89. The highest BCUT2D eigenvalue weighted by Gasteiger charge is 2.41. The molecule has 0 aromatic heterocycles. The first-order valence-corrected chi connectivity index (χ1v) is 13.5. The van der Waals surface area contributed by atoms with Gasteiger partial charge in [0.15, 0.2) is 0 Å². The summed E-state index contributed by atoms with van der Waals surface area (Å²) >= 11 is 0. The van der Waals surface area contributed by atoms with Crippen LogP contribution in [0.4, 0.5) is 0 Å². The summed E-state index contributed by atoms with van der Waals surface area (Å²) in [4.78, 5) is 0.356. The van der Waals surface area contributed by atoms with Crippen LogP contribution in [0, 0.1) is 47.0 Å². The number of hydrogen-bond donors (Lipinski definition) is 0. The van der Waals surface area contributed by atoms with E-state index in [0.717, 1.165) is 17.5 Å². The lowest BCUT2D eigenvalue weighted by atomic mass is 9.70. The smallest absolute Gasteiger partial charge is 0.266 e. The molecule has 0 atom stereocenters. The van der Waals surface area contributed by atoms with Gasteiger partial charge in [-0.3, -0.25) is 8.37 Å². The third-order valence-corrected chi connectivity index (χ3v) is 9.31. The molecule has 32 heavy (non-hydrogen) atoms. The molecule has 0 heterocycles. The minimum absolute atomic E-state index is 0.108. The molecule has 2 aromatic rings. The molecule has 0 unspecified atom stereocenters. The van der Waals surface area contributed by atoms with Crippen molar-refractivity contribution in [2.75, 3.05) is 13.2 Å². The van der Waals surface area contributed by atoms with Crippen LogP contribution in [0.1, 0.15) is 52.6 Å². The lowest BCUT2D eigenvalue weighted by Crippen LogP contribution is -2.40. The van der Waals surface area contributed by atoms with Crippen LogP contribution in [-0.4, -0.2) is 30.0 Å². The van der Waals surface area contributed by atoms with E-state index in [1.807, 2.05) is 38.1 Å². The van der Waals surface area contributed by atoms with E-state index in [0.29, 0.717) is 35.1 Å². The van der Waals surface area contributed by atoms with Crippen molar-refractivity contribution in [2.45, 2.75) is 70.6 Å². The van der Waals surface area contributed by atoms with Crippen molar-refractivity contribution in [1.82, 2.24) is 0 Å². The third kappa shape index (κ3) is 5.09. The second-order valence-electron chi connectivity index (χ2n) is 9.24. The zero-order valence-electron chi connectivity index (χ0n) is 19.6. The average Bonchev–Trinajstić information content (AvgIpc) is 2.57. The second-order valence-corrected chi connectivity index (χ2v) is 12.3. The van der Waals surface area contributed by atoms with E-state index in [4.69, 9.17) is 8.37 Å². The summed E-state index contributed by atoms with van der Waals surface area (Å²) < 4.78 is 62.6. The summed E-state index contributed by atoms with van der Waals surface area (Å²) in [7, 11) is -7.95. The van der Waals surface area contributed by atoms with Crippen molar-refractivity contribution in [3.05, 3.63) is 57.6 Å². The summed E-state index contributed by atoms with van der Waals surface area (Å²) in [6.07, 6.45) is 2.17. The van der Waals surface area contributed by atoms with Gasteiger partial charge in [0.25, 0.3) is 20.2 Å². The topological polar surface area (TPSA) is 86.7 Å². The highest BCUT2D eigenvalue weighted by Crippen LogP contribution is 2.43. The minimum atomic E-state index is -3.98. The molecule has 0 aliphatic heterocycles. The van der Waals surface area contributed by atoms with Gasteiger partial charge >= 0.3 is 0 Å². The molecule has 176 valence electrons. The molecule has 0 bridgehead atoms. The third-order valence-electron chi connectivity index (χ3n) is 6.16.